The Bertz CT molecular complexity index is 557. The van der Waals surface area contributed by atoms with Gasteiger partial charge < -0.3 is 9.67 Å². The van der Waals surface area contributed by atoms with Crippen LogP contribution in [0.5, 0.6) is 0 Å². The summed E-state index contributed by atoms with van der Waals surface area (Å²) in [4.78, 5) is 14.8. The molecule has 0 amide bonds. The first-order chi connectivity index (χ1) is 7.27. The van der Waals surface area contributed by atoms with Gasteiger partial charge in [-0.3, -0.25) is 0 Å². The highest BCUT2D eigenvalue weighted by Gasteiger charge is 2.24. The summed E-state index contributed by atoms with van der Waals surface area (Å²) < 4.78 is 1.85. The summed E-state index contributed by atoms with van der Waals surface area (Å²) in [5.41, 5.74) is 3.11. The Balaban J connectivity index is 2.23. The van der Waals surface area contributed by atoms with Gasteiger partial charge in [0, 0.05) is 6.42 Å². The van der Waals surface area contributed by atoms with E-state index in [4.69, 9.17) is 5.11 Å². The first-order valence-electron chi connectivity index (χ1n) is 4.65. The summed E-state index contributed by atoms with van der Waals surface area (Å²) in [5, 5.41) is 8.94. The Kier molecular flexibility index (Phi) is 1.48. The van der Waals surface area contributed by atoms with Crippen LogP contribution in [-0.2, 0) is 6.42 Å². The standard InChI is InChI=1S/C11H8N2O2/c14-11(15)10-9-5-7-3-1-2-4-8(7)13(9)6-12-10/h1-4,6H,5H2,(H,14,15). The summed E-state index contributed by atoms with van der Waals surface area (Å²) in [6.45, 7) is 0. The van der Waals surface area contributed by atoms with Crippen LogP contribution in [-0.4, -0.2) is 20.6 Å². The Morgan fingerprint density at radius 2 is 2.20 bits per heavy atom. The maximum atomic E-state index is 10.9. The summed E-state index contributed by atoms with van der Waals surface area (Å²) in [6.07, 6.45) is 2.22. The number of para-hydroxylation sites is 1. The number of rotatable bonds is 1. The SMILES string of the molecule is O=C(O)c1ncn2c1Cc1ccccc1-2. The van der Waals surface area contributed by atoms with Crippen molar-refractivity contribution in [3.63, 3.8) is 0 Å². The zero-order chi connectivity index (χ0) is 10.4. The molecule has 4 heteroatoms. The lowest BCUT2D eigenvalue weighted by molar-refractivity contribution is 0.0690. The molecule has 2 heterocycles. The number of carboxylic acids is 1. The second-order valence-electron chi connectivity index (χ2n) is 3.52. The van der Waals surface area contributed by atoms with E-state index in [1.165, 1.54) is 0 Å². The van der Waals surface area contributed by atoms with Gasteiger partial charge >= 0.3 is 5.97 Å². The summed E-state index contributed by atoms with van der Waals surface area (Å²) in [6, 6.07) is 7.88. The molecule has 0 radical (unpaired) electrons. The number of imidazole rings is 1. The molecule has 0 spiro atoms. The van der Waals surface area contributed by atoms with Gasteiger partial charge in [0.15, 0.2) is 5.69 Å². The number of aromatic nitrogens is 2. The van der Waals surface area contributed by atoms with Gasteiger partial charge in [0.1, 0.15) is 6.33 Å². The Morgan fingerprint density at radius 3 is 3.00 bits per heavy atom. The van der Waals surface area contributed by atoms with Gasteiger partial charge in [-0.25, -0.2) is 9.78 Å². The molecular formula is C11H8N2O2. The van der Waals surface area contributed by atoms with Crippen LogP contribution >= 0.6 is 0 Å². The van der Waals surface area contributed by atoms with Crippen molar-refractivity contribution in [1.29, 1.82) is 0 Å². The molecule has 0 unspecified atom stereocenters. The molecule has 1 aromatic heterocycles. The van der Waals surface area contributed by atoms with Crippen molar-refractivity contribution in [1.82, 2.24) is 9.55 Å². The quantitative estimate of drug-likeness (QED) is 0.647. The van der Waals surface area contributed by atoms with Gasteiger partial charge in [0.2, 0.25) is 0 Å². The van der Waals surface area contributed by atoms with Crippen molar-refractivity contribution in [2.24, 2.45) is 0 Å². The van der Waals surface area contributed by atoms with E-state index in [0.717, 1.165) is 16.9 Å². The zero-order valence-corrected chi connectivity index (χ0v) is 7.84. The molecule has 2 aromatic rings. The minimum atomic E-state index is -0.962. The van der Waals surface area contributed by atoms with Crippen molar-refractivity contribution >= 4 is 5.97 Å². The van der Waals surface area contributed by atoms with E-state index < -0.39 is 5.97 Å². The Morgan fingerprint density at radius 1 is 1.40 bits per heavy atom. The fraction of sp³-hybridized carbons (Fsp3) is 0.0909. The van der Waals surface area contributed by atoms with Crippen LogP contribution in [0.1, 0.15) is 21.7 Å². The smallest absolute Gasteiger partial charge is 0.356 e. The number of hydrogen-bond donors (Lipinski definition) is 1. The Hall–Kier alpha value is -2.10. The monoisotopic (exact) mass is 200 g/mol. The number of fused-ring (bicyclic) bond motifs is 3. The highest BCUT2D eigenvalue weighted by molar-refractivity contribution is 5.87. The van der Waals surface area contributed by atoms with E-state index in [-0.39, 0.29) is 5.69 Å². The van der Waals surface area contributed by atoms with Crippen LogP contribution in [0, 0.1) is 0 Å². The molecule has 15 heavy (non-hydrogen) atoms. The fourth-order valence-corrected chi connectivity index (χ4v) is 2.00. The molecule has 3 rings (SSSR count). The molecule has 1 aliphatic heterocycles. The maximum absolute atomic E-state index is 10.9. The third-order valence-electron chi connectivity index (χ3n) is 2.68. The first-order valence-corrected chi connectivity index (χ1v) is 4.65. The molecule has 0 saturated heterocycles. The molecule has 0 saturated carbocycles. The average Bonchev–Trinajstić information content (AvgIpc) is 2.74. The number of benzene rings is 1. The Labute approximate surface area is 85.8 Å². The number of hydrogen-bond acceptors (Lipinski definition) is 2. The maximum Gasteiger partial charge on any atom is 0.356 e. The highest BCUT2D eigenvalue weighted by atomic mass is 16.4. The lowest BCUT2D eigenvalue weighted by atomic mass is 10.1. The van der Waals surface area contributed by atoms with E-state index in [0.29, 0.717) is 6.42 Å². The average molecular weight is 200 g/mol. The normalized spacial score (nSPS) is 12.3. The van der Waals surface area contributed by atoms with Crippen LogP contribution < -0.4 is 0 Å². The van der Waals surface area contributed by atoms with Crippen LogP contribution in [0.3, 0.4) is 0 Å². The molecule has 1 N–H and O–H groups in total. The topological polar surface area (TPSA) is 55.1 Å². The fourth-order valence-electron chi connectivity index (χ4n) is 2.00. The number of carboxylic acid groups (broad SMARTS) is 1. The van der Waals surface area contributed by atoms with Crippen molar-refractivity contribution in [3.8, 4) is 5.69 Å². The second-order valence-corrected chi connectivity index (χ2v) is 3.52. The van der Waals surface area contributed by atoms with Crippen LogP contribution in [0.4, 0.5) is 0 Å². The number of carbonyl (C=O) groups is 1. The van der Waals surface area contributed by atoms with Crippen LogP contribution in [0.15, 0.2) is 30.6 Å². The molecule has 0 atom stereocenters. The van der Waals surface area contributed by atoms with Gasteiger partial charge in [-0.15, -0.1) is 0 Å². The van der Waals surface area contributed by atoms with E-state index in [1.54, 1.807) is 6.33 Å². The van der Waals surface area contributed by atoms with Crippen LogP contribution in [0.25, 0.3) is 5.69 Å². The summed E-state index contributed by atoms with van der Waals surface area (Å²) in [5.74, 6) is -0.962. The van der Waals surface area contributed by atoms with Gasteiger partial charge in [-0.2, -0.15) is 0 Å². The van der Waals surface area contributed by atoms with Crippen molar-refractivity contribution in [2.45, 2.75) is 6.42 Å². The van der Waals surface area contributed by atoms with E-state index >= 15 is 0 Å². The minimum Gasteiger partial charge on any atom is -0.476 e. The third-order valence-corrected chi connectivity index (χ3v) is 2.68. The highest BCUT2D eigenvalue weighted by Crippen LogP contribution is 2.28. The zero-order valence-electron chi connectivity index (χ0n) is 7.84. The molecule has 0 aliphatic carbocycles. The summed E-state index contributed by atoms with van der Waals surface area (Å²) in [7, 11) is 0. The van der Waals surface area contributed by atoms with Crippen molar-refractivity contribution < 1.29 is 9.90 Å². The molecule has 0 fully saturated rings. The van der Waals surface area contributed by atoms with Gasteiger partial charge in [0.25, 0.3) is 0 Å². The number of nitrogens with zero attached hydrogens (tertiary/aromatic N) is 2. The number of aromatic carboxylic acids is 1. The molecule has 74 valence electrons. The molecular weight excluding hydrogens is 192 g/mol. The summed E-state index contributed by atoms with van der Waals surface area (Å²) >= 11 is 0. The molecule has 1 aromatic carbocycles. The van der Waals surface area contributed by atoms with E-state index in [1.807, 2.05) is 28.8 Å². The van der Waals surface area contributed by atoms with Crippen molar-refractivity contribution in [3.05, 3.63) is 47.5 Å². The van der Waals surface area contributed by atoms with Gasteiger partial charge in [-0.1, -0.05) is 18.2 Å². The van der Waals surface area contributed by atoms with E-state index in [9.17, 15) is 4.79 Å². The predicted octanol–water partition coefficient (Wildman–Crippen LogP) is 1.47. The predicted molar refractivity (Wildman–Crippen MR) is 53.3 cm³/mol. The van der Waals surface area contributed by atoms with E-state index in [2.05, 4.69) is 4.98 Å². The van der Waals surface area contributed by atoms with Gasteiger partial charge in [0.05, 0.1) is 11.4 Å². The third kappa shape index (κ3) is 1.01. The second kappa shape index (κ2) is 2.70. The minimum absolute atomic E-state index is 0.159. The molecule has 4 nitrogen and oxygen atoms in total. The lowest BCUT2D eigenvalue weighted by Crippen LogP contribution is -2.01. The van der Waals surface area contributed by atoms with Crippen molar-refractivity contribution in [2.75, 3.05) is 0 Å². The molecule has 1 aliphatic rings. The molecule has 0 bridgehead atoms. The first kappa shape index (κ1) is 8.23. The van der Waals surface area contributed by atoms with Gasteiger partial charge in [-0.05, 0) is 11.6 Å². The largest absolute Gasteiger partial charge is 0.476 e. The lowest BCUT2D eigenvalue weighted by Gasteiger charge is -1.98. The van der Waals surface area contributed by atoms with Crippen LogP contribution in [0.2, 0.25) is 0 Å².